The topological polar surface area (TPSA) is 101 Å². The van der Waals surface area contributed by atoms with Crippen molar-refractivity contribution in [2.45, 2.75) is 6.92 Å². The molecule has 2 aromatic rings. The normalized spacial score (nSPS) is 10.4. The Morgan fingerprint density at radius 2 is 1.71 bits per heavy atom. The Kier molecular flexibility index (Phi) is 5.40. The number of hydrogen-bond acceptors (Lipinski definition) is 4. The molecule has 2 amide bonds. The van der Waals surface area contributed by atoms with Crippen molar-refractivity contribution in [2.24, 2.45) is 0 Å². The van der Waals surface area contributed by atoms with Crippen molar-refractivity contribution in [1.29, 1.82) is 0 Å². The quantitative estimate of drug-likeness (QED) is 0.500. The highest BCUT2D eigenvalue weighted by atomic mass is 16.6. The Bertz CT molecular complexity index is 815. The number of carbonyl (C=O) groups is 2. The lowest BCUT2D eigenvalue weighted by molar-refractivity contribution is -0.384. The average molecular weight is 325 g/mol. The van der Waals surface area contributed by atoms with Crippen LogP contribution in [-0.2, 0) is 9.59 Å². The molecule has 0 saturated heterocycles. The molecule has 0 aliphatic rings. The van der Waals surface area contributed by atoms with Gasteiger partial charge in [-0.3, -0.25) is 19.7 Å². The second-order valence-electron chi connectivity index (χ2n) is 4.94. The van der Waals surface area contributed by atoms with Crippen molar-refractivity contribution in [3.63, 3.8) is 0 Å². The third kappa shape index (κ3) is 5.06. The van der Waals surface area contributed by atoms with Crippen LogP contribution in [-0.4, -0.2) is 16.7 Å². The van der Waals surface area contributed by atoms with Gasteiger partial charge in [-0.25, -0.2) is 0 Å². The van der Waals surface area contributed by atoms with Crippen LogP contribution in [0.4, 0.5) is 17.1 Å². The van der Waals surface area contributed by atoms with Gasteiger partial charge < -0.3 is 10.6 Å². The average Bonchev–Trinajstić information content (AvgIpc) is 2.53. The third-order valence-corrected chi connectivity index (χ3v) is 2.96. The summed E-state index contributed by atoms with van der Waals surface area (Å²) < 4.78 is 0. The SMILES string of the molecule is CC(=O)Nc1cccc(NC(=O)C=Cc2cccc([N+](=O)[O-])c2)c1. The summed E-state index contributed by atoms with van der Waals surface area (Å²) in [5.41, 5.74) is 1.60. The summed E-state index contributed by atoms with van der Waals surface area (Å²) in [5.74, 6) is -0.592. The zero-order valence-corrected chi connectivity index (χ0v) is 12.9. The zero-order chi connectivity index (χ0) is 17.5. The van der Waals surface area contributed by atoms with Crippen LogP contribution >= 0.6 is 0 Å². The second kappa shape index (κ2) is 7.68. The minimum Gasteiger partial charge on any atom is -0.326 e. The highest BCUT2D eigenvalue weighted by Gasteiger charge is 2.04. The molecule has 7 heteroatoms. The molecule has 2 rings (SSSR count). The number of carbonyl (C=O) groups excluding carboxylic acids is 2. The van der Waals surface area contributed by atoms with E-state index in [0.29, 0.717) is 16.9 Å². The number of hydrogen-bond donors (Lipinski definition) is 2. The molecular weight excluding hydrogens is 310 g/mol. The number of anilines is 2. The standard InChI is InChI=1S/C17H15N3O4/c1-12(21)18-14-5-3-6-15(11-14)19-17(22)9-8-13-4-2-7-16(10-13)20(23)24/h2-11H,1H3,(H,18,21)(H,19,22). The molecule has 0 fully saturated rings. The lowest BCUT2D eigenvalue weighted by Gasteiger charge is -2.06. The molecule has 0 aromatic heterocycles. The number of nitrogens with one attached hydrogen (secondary N) is 2. The van der Waals surface area contributed by atoms with E-state index >= 15 is 0 Å². The number of nitro benzene ring substituents is 1. The Hall–Kier alpha value is -3.48. The summed E-state index contributed by atoms with van der Waals surface area (Å²) in [6.07, 6.45) is 2.77. The lowest BCUT2D eigenvalue weighted by Crippen LogP contribution is -2.09. The minimum absolute atomic E-state index is 0.0411. The van der Waals surface area contributed by atoms with Crippen LogP contribution in [0.3, 0.4) is 0 Å². The maximum absolute atomic E-state index is 11.9. The number of amides is 2. The van der Waals surface area contributed by atoms with E-state index < -0.39 is 4.92 Å². The number of nitrogens with zero attached hydrogens (tertiary/aromatic N) is 1. The molecule has 0 saturated carbocycles. The first-order valence-corrected chi connectivity index (χ1v) is 7.05. The van der Waals surface area contributed by atoms with Gasteiger partial charge in [0, 0.05) is 36.5 Å². The first-order chi connectivity index (χ1) is 11.4. The highest BCUT2D eigenvalue weighted by molar-refractivity contribution is 6.02. The van der Waals surface area contributed by atoms with Gasteiger partial charge in [-0.05, 0) is 29.8 Å². The van der Waals surface area contributed by atoms with Gasteiger partial charge in [0.2, 0.25) is 11.8 Å². The predicted octanol–water partition coefficient (Wildman–Crippen LogP) is 3.21. The van der Waals surface area contributed by atoms with E-state index in [1.54, 1.807) is 36.4 Å². The summed E-state index contributed by atoms with van der Waals surface area (Å²) in [7, 11) is 0. The Balaban J connectivity index is 2.04. The molecule has 2 aromatic carbocycles. The fraction of sp³-hybridized carbons (Fsp3) is 0.0588. The minimum atomic E-state index is -0.495. The van der Waals surface area contributed by atoms with Gasteiger partial charge in [-0.15, -0.1) is 0 Å². The first kappa shape index (κ1) is 16.9. The van der Waals surface area contributed by atoms with Gasteiger partial charge in [0.15, 0.2) is 0 Å². The number of rotatable bonds is 5. The molecule has 0 bridgehead atoms. The van der Waals surface area contributed by atoms with Crippen molar-refractivity contribution in [3.8, 4) is 0 Å². The van der Waals surface area contributed by atoms with Gasteiger partial charge in [0.1, 0.15) is 0 Å². The molecule has 0 aliphatic heterocycles. The molecule has 122 valence electrons. The van der Waals surface area contributed by atoms with E-state index in [1.165, 1.54) is 31.2 Å². The fourth-order valence-corrected chi connectivity index (χ4v) is 1.98. The molecular formula is C17H15N3O4. The van der Waals surface area contributed by atoms with Crippen LogP contribution in [0.5, 0.6) is 0 Å². The van der Waals surface area contributed by atoms with Gasteiger partial charge in [0.25, 0.3) is 5.69 Å². The maximum Gasteiger partial charge on any atom is 0.270 e. The van der Waals surface area contributed by atoms with Gasteiger partial charge >= 0.3 is 0 Å². The number of benzene rings is 2. The zero-order valence-electron chi connectivity index (χ0n) is 12.9. The first-order valence-electron chi connectivity index (χ1n) is 7.05. The fourth-order valence-electron chi connectivity index (χ4n) is 1.98. The van der Waals surface area contributed by atoms with Gasteiger partial charge in [0.05, 0.1) is 4.92 Å². The molecule has 7 nitrogen and oxygen atoms in total. The molecule has 0 atom stereocenters. The summed E-state index contributed by atoms with van der Waals surface area (Å²) in [5, 5.41) is 16.0. The van der Waals surface area contributed by atoms with Crippen molar-refractivity contribution >= 4 is 35.0 Å². The Labute approximate surface area is 138 Å². The van der Waals surface area contributed by atoms with Crippen LogP contribution in [0, 0.1) is 10.1 Å². The molecule has 24 heavy (non-hydrogen) atoms. The van der Waals surface area contributed by atoms with E-state index in [4.69, 9.17) is 0 Å². The number of nitro groups is 1. The predicted molar refractivity (Wildman–Crippen MR) is 91.5 cm³/mol. The molecule has 0 unspecified atom stereocenters. The van der Waals surface area contributed by atoms with Crippen LogP contribution in [0.25, 0.3) is 6.08 Å². The van der Waals surface area contributed by atoms with E-state index in [1.807, 2.05) is 0 Å². The van der Waals surface area contributed by atoms with Crippen molar-refractivity contribution in [1.82, 2.24) is 0 Å². The summed E-state index contributed by atoms with van der Waals surface area (Å²) in [4.78, 5) is 33.2. The lowest BCUT2D eigenvalue weighted by atomic mass is 10.2. The van der Waals surface area contributed by atoms with E-state index in [9.17, 15) is 19.7 Å². The van der Waals surface area contributed by atoms with E-state index in [0.717, 1.165) is 0 Å². The summed E-state index contributed by atoms with van der Waals surface area (Å²) in [6.45, 7) is 1.40. The van der Waals surface area contributed by atoms with Gasteiger partial charge in [-0.1, -0.05) is 18.2 Å². The summed E-state index contributed by atoms with van der Waals surface area (Å²) >= 11 is 0. The monoisotopic (exact) mass is 325 g/mol. The van der Waals surface area contributed by atoms with Crippen LogP contribution in [0.2, 0.25) is 0 Å². The van der Waals surface area contributed by atoms with Crippen molar-refractivity contribution in [3.05, 3.63) is 70.3 Å². The number of non-ortho nitro benzene ring substituents is 1. The summed E-state index contributed by atoms with van der Waals surface area (Å²) in [6, 6.07) is 12.7. The Morgan fingerprint density at radius 3 is 2.38 bits per heavy atom. The Morgan fingerprint density at radius 1 is 1.04 bits per heavy atom. The van der Waals surface area contributed by atoms with E-state index in [-0.39, 0.29) is 17.5 Å². The van der Waals surface area contributed by atoms with Crippen LogP contribution < -0.4 is 10.6 Å². The molecule has 0 heterocycles. The van der Waals surface area contributed by atoms with Gasteiger partial charge in [-0.2, -0.15) is 0 Å². The highest BCUT2D eigenvalue weighted by Crippen LogP contribution is 2.16. The second-order valence-corrected chi connectivity index (χ2v) is 4.94. The molecule has 0 aliphatic carbocycles. The molecule has 2 N–H and O–H groups in total. The third-order valence-electron chi connectivity index (χ3n) is 2.96. The van der Waals surface area contributed by atoms with Crippen molar-refractivity contribution in [2.75, 3.05) is 10.6 Å². The largest absolute Gasteiger partial charge is 0.326 e. The molecule has 0 spiro atoms. The van der Waals surface area contributed by atoms with Crippen molar-refractivity contribution < 1.29 is 14.5 Å². The molecule has 0 radical (unpaired) electrons. The van der Waals surface area contributed by atoms with E-state index in [2.05, 4.69) is 10.6 Å². The maximum atomic E-state index is 11.9. The smallest absolute Gasteiger partial charge is 0.270 e. The van der Waals surface area contributed by atoms with Crippen LogP contribution in [0.1, 0.15) is 12.5 Å². The van der Waals surface area contributed by atoms with Crippen LogP contribution in [0.15, 0.2) is 54.6 Å².